The molecule has 0 bridgehead atoms. The molecule has 0 N–H and O–H groups in total. The summed E-state index contributed by atoms with van der Waals surface area (Å²) in [5.74, 6) is 0.709. The Morgan fingerprint density at radius 2 is 0.698 bits per heavy atom. The number of fused-ring (bicyclic) bond motifs is 32. The second-order valence-corrected chi connectivity index (χ2v) is 30.3. The average Bonchev–Trinajstić information content (AvgIpc) is 1.53. The van der Waals surface area contributed by atoms with Gasteiger partial charge in [0.05, 0.1) is 85.2 Å². The minimum atomic E-state index is 0.709. The maximum atomic E-state index is 5.70. The SMILES string of the molecule is c1ccc(-c2nc(-c3ccc(-n4c5ccccc5c5ccc6c(sc7c8cccc(-c9ccc%10c%11ccc%12c(sc%13c%14ccccc%14c%14nc%15ccccc%15n%14c%12%13)c%11n(-c%11ccc(-c%12ccc%13c%14c(cccc%12%14)-c%12ccccc%12-%13)cc%11)c%10c9)c8c8nc9ccccc9n8c67)c54)cc3)c3ccccc3n2)cc1. The molecule has 8 nitrogen and oxygen atoms in total. The van der Waals surface area contributed by atoms with Crippen LogP contribution in [0.1, 0.15) is 0 Å². The third-order valence-corrected chi connectivity index (χ3v) is 25.3. The Bertz CT molecular complexity index is 8040. The molecule has 0 amide bonds. The first-order valence-corrected chi connectivity index (χ1v) is 37.6. The van der Waals surface area contributed by atoms with E-state index in [1.165, 1.54) is 123 Å². The zero-order chi connectivity index (χ0) is 68.7. The first-order chi connectivity index (χ1) is 52.6. The molecule has 0 aliphatic heterocycles. The van der Waals surface area contributed by atoms with Crippen molar-refractivity contribution in [1.29, 1.82) is 0 Å². The molecule has 0 unspecified atom stereocenters. The summed E-state index contributed by atoms with van der Waals surface area (Å²) in [6.07, 6.45) is 0. The molecule has 9 heterocycles. The van der Waals surface area contributed by atoms with Crippen molar-refractivity contribution < 1.29 is 0 Å². The van der Waals surface area contributed by atoms with Gasteiger partial charge in [-0.1, -0.05) is 249 Å². The van der Waals surface area contributed by atoms with E-state index >= 15 is 0 Å². The van der Waals surface area contributed by atoms with Gasteiger partial charge in [-0.25, -0.2) is 19.9 Å². The number of hydrogen-bond acceptors (Lipinski definition) is 6. The van der Waals surface area contributed by atoms with E-state index in [1.807, 2.05) is 40.9 Å². The van der Waals surface area contributed by atoms with Gasteiger partial charge in [-0.2, -0.15) is 0 Å². The van der Waals surface area contributed by atoms with Crippen molar-refractivity contribution in [3.05, 3.63) is 315 Å². The van der Waals surface area contributed by atoms with Crippen LogP contribution in [0.5, 0.6) is 0 Å². The molecule has 25 rings (SSSR count). The van der Waals surface area contributed by atoms with Gasteiger partial charge in [0.2, 0.25) is 0 Å². The van der Waals surface area contributed by atoms with Crippen LogP contribution < -0.4 is 0 Å². The van der Waals surface area contributed by atoms with Crippen molar-refractivity contribution in [2.24, 2.45) is 0 Å². The topological polar surface area (TPSA) is 70.2 Å². The minimum absolute atomic E-state index is 0.709. The molecule has 9 aromatic heterocycles. The van der Waals surface area contributed by atoms with Crippen molar-refractivity contribution in [2.75, 3.05) is 0 Å². The molecule has 0 saturated heterocycles. The molecule has 15 aromatic carbocycles. The summed E-state index contributed by atoms with van der Waals surface area (Å²) in [6, 6.07) is 116. The van der Waals surface area contributed by atoms with Gasteiger partial charge in [0.1, 0.15) is 11.3 Å². The van der Waals surface area contributed by atoms with Crippen molar-refractivity contribution >= 4 is 183 Å². The van der Waals surface area contributed by atoms with Crippen LogP contribution in [0.4, 0.5) is 0 Å². The van der Waals surface area contributed by atoms with E-state index in [2.05, 4.69) is 315 Å². The molecule has 10 heteroatoms. The number of rotatable bonds is 6. The molecule has 106 heavy (non-hydrogen) atoms. The zero-order valence-corrected chi connectivity index (χ0v) is 58.0. The van der Waals surface area contributed by atoms with Crippen LogP contribution in [-0.4, -0.2) is 37.9 Å². The van der Waals surface area contributed by atoms with Gasteiger partial charge in [0.15, 0.2) is 5.82 Å². The Balaban J connectivity index is 0.720. The summed E-state index contributed by atoms with van der Waals surface area (Å²) < 4.78 is 14.9. The van der Waals surface area contributed by atoms with Crippen molar-refractivity contribution in [3.8, 4) is 78.5 Å². The lowest BCUT2D eigenvalue weighted by atomic mass is 9.94. The summed E-state index contributed by atoms with van der Waals surface area (Å²) >= 11 is 3.79. The first kappa shape index (κ1) is 56.9. The second kappa shape index (κ2) is 21.0. The van der Waals surface area contributed by atoms with Crippen LogP contribution in [0.15, 0.2) is 315 Å². The summed E-state index contributed by atoms with van der Waals surface area (Å²) in [5, 5.41) is 15.5. The molecular formula is C96H52N8S2. The second-order valence-electron chi connectivity index (χ2n) is 28.3. The smallest absolute Gasteiger partial charge is 0.160 e. The summed E-state index contributed by atoms with van der Waals surface area (Å²) in [4.78, 5) is 21.4. The van der Waals surface area contributed by atoms with E-state index in [0.717, 1.165) is 111 Å². The predicted octanol–water partition coefficient (Wildman–Crippen LogP) is 25.9. The number of imidazole rings is 2. The van der Waals surface area contributed by atoms with Crippen LogP contribution in [0.3, 0.4) is 0 Å². The van der Waals surface area contributed by atoms with E-state index < -0.39 is 0 Å². The van der Waals surface area contributed by atoms with Crippen LogP contribution in [-0.2, 0) is 0 Å². The fourth-order valence-corrected chi connectivity index (χ4v) is 21.0. The molecule has 0 fully saturated rings. The maximum Gasteiger partial charge on any atom is 0.160 e. The summed E-state index contributed by atoms with van der Waals surface area (Å²) in [7, 11) is 0. The fourth-order valence-electron chi connectivity index (χ4n) is 18.3. The molecule has 24 aromatic rings. The van der Waals surface area contributed by atoms with E-state index in [1.54, 1.807) is 0 Å². The van der Waals surface area contributed by atoms with E-state index in [0.29, 0.717) is 5.82 Å². The Hall–Kier alpha value is -13.6. The van der Waals surface area contributed by atoms with Crippen LogP contribution in [0, 0.1) is 0 Å². The highest BCUT2D eigenvalue weighted by Crippen LogP contribution is 2.53. The largest absolute Gasteiger partial charge is 0.308 e. The fraction of sp³-hybridized carbons (Fsp3) is 0. The van der Waals surface area contributed by atoms with Gasteiger partial charge in [0, 0.05) is 81.8 Å². The highest BCUT2D eigenvalue weighted by Gasteiger charge is 2.29. The van der Waals surface area contributed by atoms with Crippen molar-refractivity contribution in [3.63, 3.8) is 0 Å². The average molecular weight is 1380 g/mol. The third-order valence-electron chi connectivity index (χ3n) is 22.9. The summed E-state index contributed by atoms with van der Waals surface area (Å²) in [6.45, 7) is 0. The maximum absolute atomic E-state index is 5.70. The van der Waals surface area contributed by atoms with Gasteiger partial charge < -0.3 is 9.13 Å². The lowest BCUT2D eigenvalue weighted by molar-refractivity contribution is 1.18. The van der Waals surface area contributed by atoms with Gasteiger partial charge in [-0.3, -0.25) is 8.80 Å². The summed E-state index contributed by atoms with van der Waals surface area (Å²) in [5.41, 5.74) is 28.9. The Morgan fingerprint density at radius 1 is 0.226 bits per heavy atom. The number of nitrogens with zero attached hydrogens (tertiary/aromatic N) is 8. The predicted molar refractivity (Wildman–Crippen MR) is 445 cm³/mol. The molecule has 0 spiro atoms. The molecule has 1 aliphatic carbocycles. The Labute approximate surface area is 611 Å². The van der Waals surface area contributed by atoms with Gasteiger partial charge in [-0.15, -0.1) is 22.7 Å². The molecule has 488 valence electrons. The van der Waals surface area contributed by atoms with E-state index in [-0.39, 0.29) is 0 Å². The number of para-hydroxylation sites is 6. The van der Waals surface area contributed by atoms with Crippen molar-refractivity contribution in [1.82, 2.24) is 37.9 Å². The Morgan fingerprint density at radius 3 is 1.41 bits per heavy atom. The number of benzene rings is 15. The lowest BCUT2D eigenvalue weighted by Gasteiger charge is -2.14. The standard InChI is InChI=1S/C96H52N8S2/c1-2-18-55(19-3-1)94-97-76-30-10-8-25-72(76)85(100-94)54-38-43-57(44-39-54)101-79-33-13-9-22-63(79)68-48-50-75-89-91(106-92(75)86(68)101)73-29-16-26-60(84(73)96-99-78-32-12-15-35-81(78)104(89)96)56-40-45-64-69-49-51-74-88-90(70-23-6-7-24-71(70)95-98-77-31-11-14-34-80(77)103(88)95)105-93(74)87(69)102(82(64)52-56)58-41-36-53(37-42-58)59-46-47-67-62-21-5-4-20-61(62)66-28-17-27-65(59)83(66)67/h1-52H. The monoisotopic (exact) mass is 1380 g/mol. The van der Waals surface area contributed by atoms with Gasteiger partial charge in [0.25, 0.3) is 0 Å². The zero-order valence-electron chi connectivity index (χ0n) is 56.4. The van der Waals surface area contributed by atoms with Crippen molar-refractivity contribution in [2.45, 2.75) is 0 Å². The Kier molecular flexibility index (Phi) is 11.3. The van der Waals surface area contributed by atoms with Crippen LogP contribution in [0.25, 0.3) is 239 Å². The van der Waals surface area contributed by atoms with Gasteiger partial charge >= 0.3 is 0 Å². The van der Waals surface area contributed by atoms with Gasteiger partial charge in [-0.05, 0) is 122 Å². The third kappa shape index (κ3) is 7.59. The van der Waals surface area contributed by atoms with E-state index in [4.69, 9.17) is 19.9 Å². The molecular weight excluding hydrogens is 1330 g/mol. The number of hydrogen-bond donors (Lipinski definition) is 0. The van der Waals surface area contributed by atoms with Crippen LogP contribution >= 0.6 is 22.7 Å². The quantitative estimate of drug-likeness (QED) is 0.166. The first-order valence-electron chi connectivity index (χ1n) is 36.0. The minimum Gasteiger partial charge on any atom is -0.308 e. The highest BCUT2D eigenvalue weighted by atomic mass is 32.1. The normalized spacial score (nSPS) is 12.5. The highest BCUT2D eigenvalue weighted by molar-refractivity contribution is 7.28. The lowest BCUT2D eigenvalue weighted by Crippen LogP contribution is -1.97. The number of thiophene rings is 2. The molecule has 1 aliphatic rings. The molecule has 0 saturated carbocycles. The number of pyridine rings is 2. The molecule has 0 radical (unpaired) electrons. The number of aromatic nitrogens is 8. The molecule has 0 atom stereocenters. The van der Waals surface area contributed by atoms with E-state index in [9.17, 15) is 0 Å². The van der Waals surface area contributed by atoms with Crippen LogP contribution in [0.2, 0.25) is 0 Å².